The Hall–Kier alpha value is -3.77. The smallest absolute Gasteiger partial charge is 0.307 e. The van der Waals surface area contributed by atoms with Gasteiger partial charge in [-0.1, -0.05) is 60.1 Å². The third-order valence-corrected chi connectivity index (χ3v) is 7.31. The summed E-state index contributed by atoms with van der Waals surface area (Å²) in [6, 6.07) is 21.0. The van der Waals surface area contributed by atoms with Gasteiger partial charge in [0.15, 0.2) is 5.78 Å². The molecule has 6 nitrogen and oxygen atoms in total. The van der Waals surface area contributed by atoms with Crippen molar-refractivity contribution in [2.75, 3.05) is 6.54 Å². The molecule has 0 unspecified atom stereocenters. The van der Waals surface area contributed by atoms with Crippen LogP contribution in [0.2, 0.25) is 5.02 Å². The number of ketones is 1. The number of benzene rings is 3. The van der Waals surface area contributed by atoms with Crippen LogP contribution in [0.1, 0.15) is 43.9 Å². The number of carbonyl (C=O) groups excluding carboxylic acids is 3. The molecule has 0 aromatic heterocycles. The van der Waals surface area contributed by atoms with Gasteiger partial charge in [0.2, 0.25) is 0 Å². The Labute approximate surface area is 207 Å². The number of hydrogen-bond acceptors (Lipinski definition) is 4. The summed E-state index contributed by atoms with van der Waals surface area (Å²) in [4.78, 5) is 52.2. The van der Waals surface area contributed by atoms with Gasteiger partial charge in [-0.2, -0.15) is 0 Å². The highest BCUT2D eigenvalue weighted by Crippen LogP contribution is 2.41. The van der Waals surface area contributed by atoms with Crippen molar-refractivity contribution in [3.8, 4) is 11.1 Å². The first-order valence-electron chi connectivity index (χ1n) is 11.4. The lowest BCUT2D eigenvalue weighted by atomic mass is 9.84. The second-order valence-corrected chi connectivity index (χ2v) is 9.46. The molecule has 1 fully saturated rings. The molecule has 35 heavy (non-hydrogen) atoms. The summed E-state index contributed by atoms with van der Waals surface area (Å²) in [7, 11) is 0. The van der Waals surface area contributed by atoms with Crippen LogP contribution in [0, 0.1) is 17.8 Å². The van der Waals surface area contributed by atoms with E-state index in [0.29, 0.717) is 34.6 Å². The number of carboxylic acid groups (broad SMARTS) is 1. The zero-order chi connectivity index (χ0) is 24.7. The average molecular weight is 488 g/mol. The van der Waals surface area contributed by atoms with Gasteiger partial charge >= 0.3 is 5.97 Å². The topological polar surface area (TPSA) is 91.8 Å². The zero-order valence-electron chi connectivity index (χ0n) is 18.7. The summed E-state index contributed by atoms with van der Waals surface area (Å²) in [5.74, 6) is -4.32. The van der Waals surface area contributed by atoms with Gasteiger partial charge in [0, 0.05) is 23.0 Å². The number of rotatable bonds is 6. The lowest BCUT2D eigenvalue weighted by Crippen LogP contribution is -2.39. The van der Waals surface area contributed by atoms with Crippen LogP contribution >= 0.6 is 11.6 Å². The van der Waals surface area contributed by atoms with Gasteiger partial charge in [-0.3, -0.25) is 24.1 Å². The van der Waals surface area contributed by atoms with Crippen molar-refractivity contribution < 1.29 is 24.3 Å². The molecule has 2 aliphatic rings. The zero-order valence-corrected chi connectivity index (χ0v) is 19.4. The van der Waals surface area contributed by atoms with Crippen molar-refractivity contribution in [1.82, 2.24) is 4.90 Å². The van der Waals surface area contributed by atoms with Crippen LogP contribution in [0.25, 0.3) is 11.1 Å². The first kappa shape index (κ1) is 23.0. The lowest BCUT2D eigenvalue weighted by Gasteiger charge is -2.24. The minimum atomic E-state index is -1.08. The van der Waals surface area contributed by atoms with Crippen molar-refractivity contribution in [2.45, 2.75) is 12.8 Å². The summed E-state index contributed by atoms with van der Waals surface area (Å²) in [6.45, 7) is -0.0113. The van der Waals surface area contributed by atoms with Gasteiger partial charge in [-0.05, 0) is 54.2 Å². The van der Waals surface area contributed by atoms with Crippen LogP contribution in [0.5, 0.6) is 0 Å². The molecule has 1 heterocycles. The number of aliphatic carboxylic acids is 1. The maximum absolute atomic E-state index is 13.3. The number of Topliss-reactive ketones (excluding diaryl/α,β-unsaturated/α-hetero) is 1. The molecule has 0 spiro atoms. The minimum absolute atomic E-state index is 0.0113. The highest BCUT2D eigenvalue weighted by atomic mass is 35.5. The Kier molecular flexibility index (Phi) is 5.99. The Bertz CT molecular complexity index is 1300. The van der Waals surface area contributed by atoms with Gasteiger partial charge < -0.3 is 5.11 Å². The van der Waals surface area contributed by atoms with Crippen molar-refractivity contribution in [2.24, 2.45) is 17.8 Å². The van der Waals surface area contributed by atoms with Crippen LogP contribution < -0.4 is 0 Å². The number of nitrogens with zero attached hydrogens (tertiary/aromatic N) is 1. The maximum atomic E-state index is 13.3. The summed E-state index contributed by atoms with van der Waals surface area (Å²) in [5.41, 5.74) is 2.98. The first-order chi connectivity index (χ1) is 16.8. The van der Waals surface area contributed by atoms with Gasteiger partial charge in [0.1, 0.15) is 0 Å². The molecule has 7 heteroatoms. The van der Waals surface area contributed by atoms with E-state index in [1.54, 1.807) is 48.5 Å². The Morgan fingerprint density at radius 1 is 0.829 bits per heavy atom. The van der Waals surface area contributed by atoms with E-state index in [1.807, 2.05) is 24.3 Å². The Balaban J connectivity index is 1.33. The summed E-state index contributed by atoms with van der Waals surface area (Å²) in [5, 5.41) is 10.6. The fourth-order valence-corrected chi connectivity index (χ4v) is 5.40. The third-order valence-electron chi connectivity index (χ3n) is 7.05. The van der Waals surface area contributed by atoms with Crippen LogP contribution in [0.15, 0.2) is 72.8 Å². The van der Waals surface area contributed by atoms with Gasteiger partial charge in [-0.25, -0.2) is 0 Å². The number of carboxylic acids is 1. The molecule has 1 N–H and O–H groups in total. The molecular formula is C28H22ClNO5. The van der Waals surface area contributed by atoms with E-state index in [0.717, 1.165) is 16.0 Å². The fraction of sp³-hybridized carbons (Fsp3) is 0.214. The van der Waals surface area contributed by atoms with Gasteiger partial charge in [0.05, 0.1) is 17.0 Å². The molecule has 3 atom stereocenters. The molecule has 1 saturated carbocycles. The van der Waals surface area contributed by atoms with Crippen molar-refractivity contribution in [3.05, 3.63) is 94.5 Å². The molecule has 3 aromatic carbocycles. The quantitative estimate of drug-likeness (QED) is 0.380. The predicted molar refractivity (Wildman–Crippen MR) is 130 cm³/mol. The first-order valence-corrected chi connectivity index (χ1v) is 11.8. The molecule has 0 radical (unpaired) electrons. The van der Waals surface area contributed by atoms with E-state index in [-0.39, 0.29) is 12.3 Å². The van der Waals surface area contributed by atoms with E-state index < -0.39 is 35.5 Å². The van der Waals surface area contributed by atoms with Crippen molar-refractivity contribution in [3.63, 3.8) is 0 Å². The number of hydrogen-bond donors (Lipinski definition) is 1. The molecule has 3 aromatic rings. The van der Waals surface area contributed by atoms with Crippen LogP contribution in [-0.4, -0.2) is 40.1 Å². The SMILES string of the molecule is O=C(O)[C@H]1[C@H](CN2C(=O)c3ccccc3C2=O)CC[C@@H]1C(=O)c1ccc(-c2ccc(Cl)cc2)cc1. The molecule has 0 bridgehead atoms. The van der Waals surface area contributed by atoms with Crippen LogP contribution in [0.3, 0.4) is 0 Å². The number of carbonyl (C=O) groups is 4. The normalized spacial score (nSPS) is 21.3. The van der Waals surface area contributed by atoms with E-state index in [9.17, 15) is 24.3 Å². The second-order valence-electron chi connectivity index (χ2n) is 9.02. The number of amides is 2. The standard InChI is InChI=1S/C28H22ClNO5/c29-20-12-9-17(10-13-20)16-5-7-18(8-6-16)25(31)23-14-11-19(24(23)28(34)35)15-30-26(32)21-3-1-2-4-22(21)27(30)33/h1-10,12-13,19,23-24H,11,14-15H2,(H,34,35)/t19-,23-,24-/m0/s1. The van der Waals surface area contributed by atoms with Crippen molar-refractivity contribution >= 4 is 35.2 Å². The predicted octanol–water partition coefficient (Wildman–Crippen LogP) is 5.21. The Morgan fingerprint density at radius 2 is 1.37 bits per heavy atom. The highest BCUT2D eigenvalue weighted by Gasteiger charge is 2.47. The van der Waals surface area contributed by atoms with Gasteiger partial charge in [-0.15, -0.1) is 0 Å². The average Bonchev–Trinajstić information content (AvgIpc) is 3.40. The molecule has 1 aliphatic carbocycles. The minimum Gasteiger partial charge on any atom is -0.481 e. The molecular weight excluding hydrogens is 466 g/mol. The molecule has 2 amide bonds. The summed E-state index contributed by atoms with van der Waals surface area (Å²) >= 11 is 5.95. The summed E-state index contributed by atoms with van der Waals surface area (Å²) < 4.78 is 0. The van der Waals surface area contributed by atoms with E-state index in [2.05, 4.69) is 0 Å². The third kappa shape index (κ3) is 4.15. The summed E-state index contributed by atoms with van der Waals surface area (Å²) in [6.07, 6.45) is 0.839. The second kappa shape index (κ2) is 9.12. The molecule has 176 valence electrons. The number of imide groups is 1. The largest absolute Gasteiger partial charge is 0.481 e. The molecule has 0 saturated heterocycles. The van der Waals surface area contributed by atoms with Crippen LogP contribution in [-0.2, 0) is 4.79 Å². The fourth-order valence-electron chi connectivity index (χ4n) is 5.28. The molecule has 1 aliphatic heterocycles. The Morgan fingerprint density at radius 3 is 1.91 bits per heavy atom. The lowest BCUT2D eigenvalue weighted by molar-refractivity contribution is -0.144. The van der Waals surface area contributed by atoms with E-state index in [1.165, 1.54) is 0 Å². The highest BCUT2D eigenvalue weighted by molar-refractivity contribution is 6.30. The van der Waals surface area contributed by atoms with Gasteiger partial charge in [0.25, 0.3) is 11.8 Å². The number of halogens is 1. The maximum Gasteiger partial charge on any atom is 0.307 e. The van der Waals surface area contributed by atoms with Crippen molar-refractivity contribution in [1.29, 1.82) is 0 Å². The van der Waals surface area contributed by atoms with E-state index in [4.69, 9.17) is 11.6 Å². The van der Waals surface area contributed by atoms with Crippen LogP contribution in [0.4, 0.5) is 0 Å². The number of fused-ring (bicyclic) bond motifs is 1. The van der Waals surface area contributed by atoms with E-state index >= 15 is 0 Å². The monoisotopic (exact) mass is 487 g/mol. The molecule has 5 rings (SSSR count).